The maximum atomic E-state index is 13.1. The molecular formula is C17H14FNO3S. The second-order valence-corrected chi connectivity index (χ2v) is 6.62. The smallest absolute Gasteiger partial charge is 0.238 e. The molecule has 0 atom stereocenters. The van der Waals surface area contributed by atoms with E-state index in [0.29, 0.717) is 11.5 Å². The Morgan fingerprint density at radius 1 is 1.13 bits per heavy atom. The minimum absolute atomic E-state index is 0.0212. The van der Waals surface area contributed by atoms with E-state index in [1.165, 1.54) is 24.3 Å². The van der Waals surface area contributed by atoms with Crippen molar-refractivity contribution in [3.8, 4) is 5.75 Å². The lowest BCUT2D eigenvalue weighted by Crippen LogP contribution is -2.13. The molecule has 118 valence electrons. The van der Waals surface area contributed by atoms with Gasteiger partial charge in [-0.15, -0.1) is 0 Å². The summed E-state index contributed by atoms with van der Waals surface area (Å²) < 4.78 is 41.8. The van der Waals surface area contributed by atoms with Crippen LogP contribution >= 0.6 is 0 Å². The Kier molecular flexibility index (Phi) is 3.79. The summed E-state index contributed by atoms with van der Waals surface area (Å²) >= 11 is 0. The predicted molar refractivity (Wildman–Crippen MR) is 85.7 cm³/mol. The Balaban J connectivity index is 2.18. The van der Waals surface area contributed by atoms with Gasteiger partial charge in [0.25, 0.3) is 0 Å². The zero-order valence-electron chi connectivity index (χ0n) is 12.3. The number of hydrogen-bond donors (Lipinski definition) is 1. The third-order valence-corrected chi connectivity index (χ3v) is 4.44. The van der Waals surface area contributed by atoms with Crippen molar-refractivity contribution in [1.82, 2.24) is 0 Å². The molecule has 0 amide bonds. The highest BCUT2D eigenvalue weighted by molar-refractivity contribution is 7.89. The van der Waals surface area contributed by atoms with Gasteiger partial charge in [0, 0.05) is 11.6 Å². The van der Waals surface area contributed by atoms with Crippen molar-refractivity contribution in [3.05, 3.63) is 77.3 Å². The number of ether oxygens (including phenoxy) is 1. The normalized spacial score (nSPS) is 15.8. The Morgan fingerprint density at radius 3 is 2.43 bits per heavy atom. The molecule has 3 rings (SSSR count). The van der Waals surface area contributed by atoms with Gasteiger partial charge in [0.05, 0.1) is 4.90 Å². The molecule has 0 saturated carbocycles. The van der Waals surface area contributed by atoms with Crippen LogP contribution in [0.1, 0.15) is 18.1 Å². The molecule has 0 radical (unpaired) electrons. The topological polar surface area (TPSA) is 69.4 Å². The molecular weight excluding hydrogens is 317 g/mol. The standard InChI is InChI=1S/C17H14FNO3S/c1-2-13-9-16(11-3-5-12(18)6-4-11)15-8-7-14(23(19,20)21)10-17(15)22-13/h2-10H,1H3,(H2,19,20,21)/b13-2-. The second kappa shape index (κ2) is 5.64. The Labute approximate surface area is 133 Å². The van der Waals surface area contributed by atoms with E-state index in [4.69, 9.17) is 9.88 Å². The van der Waals surface area contributed by atoms with Crippen LogP contribution in [0.25, 0.3) is 5.57 Å². The largest absolute Gasteiger partial charge is 0.457 e. The van der Waals surface area contributed by atoms with Crippen molar-refractivity contribution in [1.29, 1.82) is 0 Å². The fourth-order valence-corrected chi connectivity index (χ4v) is 2.90. The number of halogens is 1. The number of sulfonamides is 1. The van der Waals surface area contributed by atoms with Crippen molar-refractivity contribution in [3.63, 3.8) is 0 Å². The van der Waals surface area contributed by atoms with Gasteiger partial charge in [-0.1, -0.05) is 12.1 Å². The molecule has 1 heterocycles. The van der Waals surface area contributed by atoms with Crippen molar-refractivity contribution in [2.75, 3.05) is 0 Å². The van der Waals surface area contributed by atoms with Crippen molar-refractivity contribution in [2.45, 2.75) is 11.8 Å². The number of nitrogens with two attached hydrogens (primary N) is 1. The number of fused-ring (bicyclic) bond motifs is 1. The van der Waals surface area contributed by atoms with Crippen LogP contribution in [0.15, 0.2) is 65.3 Å². The van der Waals surface area contributed by atoms with E-state index in [1.807, 2.05) is 13.0 Å². The fourth-order valence-electron chi connectivity index (χ4n) is 2.37. The van der Waals surface area contributed by atoms with E-state index in [9.17, 15) is 12.8 Å². The summed E-state index contributed by atoms with van der Waals surface area (Å²) in [4.78, 5) is -0.0212. The third kappa shape index (κ3) is 3.04. The van der Waals surface area contributed by atoms with Crippen LogP contribution in [0.4, 0.5) is 4.39 Å². The molecule has 23 heavy (non-hydrogen) atoms. The van der Waals surface area contributed by atoms with E-state index in [-0.39, 0.29) is 10.7 Å². The first kappa shape index (κ1) is 15.5. The molecule has 0 aromatic heterocycles. The lowest BCUT2D eigenvalue weighted by Gasteiger charge is -2.21. The highest BCUT2D eigenvalue weighted by Crippen LogP contribution is 2.38. The van der Waals surface area contributed by atoms with Gasteiger partial charge in [-0.05, 0) is 54.5 Å². The number of hydrogen-bond acceptors (Lipinski definition) is 3. The van der Waals surface area contributed by atoms with Crippen LogP contribution in [0, 0.1) is 5.82 Å². The van der Waals surface area contributed by atoms with Crippen LogP contribution in [-0.4, -0.2) is 8.42 Å². The monoisotopic (exact) mass is 331 g/mol. The van der Waals surface area contributed by atoms with Gasteiger partial charge in [0.2, 0.25) is 10.0 Å². The zero-order chi connectivity index (χ0) is 16.6. The number of allylic oxidation sites excluding steroid dienone is 2. The van der Waals surface area contributed by atoms with Crippen LogP contribution in [0.3, 0.4) is 0 Å². The van der Waals surface area contributed by atoms with Gasteiger partial charge in [-0.2, -0.15) is 0 Å². The molecule has 1 aliphatic heterocycles. The van der Waals surface area contributed by atoms with Gasteiger partial charge >= 0.3 is 0 Å². The molecule has 2 N–H and O–H groups in total. The molecule has 0 spiro atoms. The first-order valence-electron chi connectivity index (χ1n) is 6.87. The minimum atomic E-state index is -3.82. The van der Waals surface area contributed by atoms with E-state index in [2.05, 4.69) is 0 Å². The zero-order valence-corrected chi connectivity index (χ0v) is 13.1. The average Bonchev–Trinajstić information content (AvgIpc) is 2.53. The van der Waals surface area contributed by atoms with Gasteiger partial charge in [-0.25, -0.2) is 17.9 Å². The van der Waals surface area contributed by atoms with Crippen LogP contribution in [0.2, 0.25) is 0 Å². The molecule has 6 heteroatoms. The quantitative estimate of drug-likeness (QED) is 0.919. The molecule has 0 unspecified atom stereocenters. The minimum Gasteiger partial charge on any atom is -0.457 e. The molecule has 0 bridgehead atoms. The average molecular weight is 331 g/mol. The van der Waals surface area contributed by atoms with Crippen molar-refractivity contribution < 1.29 is 17.5 Å². The highest BCUT2D eigenvalue weighted by Gasteiger charge is 2.20. The summed E-state index contributed by atoms with van der Waals surface area (Å²) in [5.41, 5.74) is 2.34. The van der Waals surface area contributed by atoms with E-state index in [0.717, 1.165) is 16.7 Å². The van der Waals surface area contributed by atoms with Crippen molar-refractivity contribution in [2.24, 2.45) is 5.14 Å². The van der Waals surface area contributed by atoms with E-state index >= 15 is 0 Å². The molecule has 0 saturated heterocycles. The first-order valence-corrected chi connectivity index (χ1v) is 8.42. The highest BCUT2D eigenvalue weighted by atomic mass is 32.2. The molecule has 0 aliphatic carbocycles. The Hall–Kier alpha value is -2.44. The van der Waals surface area contributed by atoms with Crippen LogP contribution < -0.4 is 9.88 Å². The lowest BCUT2D eigenvalue weighted by atomic mass is 9.95. The molecule has 2 aromatic carbocycles. The van der Waals surface area contributed by atoms with E-state index < -0.39 is 10.0 Å². The molecule has 2 aromatic rings. The summed E-state index contributed by atoms with van der Waals surface area (Å²) in [7, 11) is -3.82. The summed E-state index contributed by atoms with van der Waals surface area (Å²) in [5, 5.41) is 5.17. The number of rotatable bonds is 2. The van der Waals surface area contributed by atoms with Crippen LogP contribution in [-0.2, 0) is 10.0 Å². The van der Waals surface area contributed by atoms with Gasteiger partial charge in [-0.3, -0.25) is 0 Å². The third-order valence-electron chi connectivity index (χ3n) is 3.53. The van der Waals surface area contributed by atoms with Gasteiger partial charge in [0.15, 0.2) is 0 Å². The maximum absolute atomic E-state index is 13.1. The Morgan fingerprint density at radius 2 is 1.83 bits per heavy atom. The summed E-state index contributed by atoms with van der Waals surface area (Å²) in [6, 6.07) is 10.5. The SMILES string of the molecule is C/C=C1/C=C(c2ccc(F)cc2)c2ccc(S(N)(=O)=O)cc2O1. The Bertz CT molecular complexity index is 929. The molecule has 1 aliphatic rings. The van der Waals surface area contributed by atoms with Crippen LogP contribution in [0.5, 0.6) is 5.75 Å². The summed E-state index contributed by atoms with van der Waals surface area (Å²) in [6.45, 7) is 1.81. The lowest BCUT2D eigenvalue weighted by molar-refractivity contribution is 0.436. The predicted octanol–water partition coefficient (Wildman–Crippen LogP) is 3.20. The summed E-state index contributed by atoms with van der Waals surface area (Å²) in [5.74, 6) is 0.646. The summed E-state index contributed by atoms with van der Waals surface area (Å²) in [6.07, 6.45) is 3.59. The molecule has 0 fully saturated rings. The number of primary sulfonamides is 1. The maximum Gasteiger partial charge on any atom is 0.238 e. The number of benzene rings is 2. The fraction of sp³-hybridized carbons (Fsp3) is 0.0588. The second-order valence-electron chi connectivity index (χ2n) is 5.06. The van der Waals surface area contributed by atoms with Crippen molar-refractivity contribution >= 4 is 15.6 Å². The van der Waals surface area contributed by atoms with Gasteiger partial charge < -0.3 is 4.74 Å². The van der Waals surface area contributed by atoms with E-state index in [1.54, 1.807) is 24.3 Å². The first-order chi connectivity index (χ1) is 10.9. The van der Waals surface area contributed by atoms with Gasteiger partial charge in [0.1, 0.15) is 17.3 Å². The molecule has 4 nitrogen and oxygen atoms in total.